The monoisotopic (exact) mass is 287 g/mol. The maximum Gasteiger partial charge on any atom is 0.109 e. The van der Waals surface area contributed by atoms with Gasteiger partial charge < -0.3 is 15.5 Å². The van der Waals surface area contributed by atoms with Crippen molar-refractivity contribution >= 4 is 16.1 Å². The molecule has 0 aliphatic carbocycles. The van der Waals surface area contributed by atoms with Gasteiger partial charge in [0.2, 0.25) is 0 Å². The SMILES string of the molecule is CCP(CC)NC1=CC=CC(N)N1P(CC)CC. The fourth-order valence-electron chi connectivity index (χ4n) is 2.08. The smallest absolute Gasteiger partial charge is 0.109 e. The Bertz CT molecular complexity index is 297. The number of nitrogens with zero attached hydrogens (tertiary/aromatic N) is 1. The molecule has 0 aromatic rings. The van der Waals surface area contributed by atoms with Gasteiger partial charge in [0.25, 0.3) is 0 Å². The molecular weight excluding hydrogens is 260 g/mol. The molecule has 0 amide bonds. The highest BCUT2D eigenvalue weighted by Crippen LogP contribution is 2.45. The molecule has 3 nitrogen and oxygen atoms in total. The average Bonchev–Trinajstić information content (AvgIpc) is 2.39. The molecule has 1 heterocycles. The van der Waals surface area contributed by atoms with Crippen molar-refractivity contribution in [1.29, 1.82) is 0 Å². The van der Waals surface area contributed by atoms with Crippen molar-refractivity contribution in [2.45, 2.75) is 33.9 Å². The van der Waals surface area contributed by atoms with Crippen LogP contribution in [0, 0.1) is 0 Å². The van der Waals surface area contributed by atoms with Crippen molar-refractivity contribution in [1.82, 2.24) is 9.76 Å². The maximum absolute atomic E-state index is 6.26. The van der Waals surface area contributed by atoms with Crippen LogP contribution in [0.15, 0.2) is 24.0 Å². The lowest BCUT2D eigenvalue weighted by Gasteiger charge is -2.40. The van der Waals surface area contributed by atoms with Crippen LogP contribution >= 0.6 is 16.1 Å². The second kappa shape index (κ2) is 8.15. The van der Waals surface area contributed by atoms with E-state index < -0.39 is 0 Å². The summed E-state index contributed by atoms with van der Waals surface area (Å²) in [5, 5.41) is 3.72. The summed E-state index contributed by atoms with van der Waals surface area (Å²) >= 11 is 0. The molecular formula is C13H27N3P2. The fraction of sp³-hybridized carbons (Fsp3) is 0.692. The van der Waals surface area contributed by atoms with E-state index in [1.807, 2.05) is 0 Å². The van der Waals surface area contributed by atoms with Gasteiger partial charge in [-0.1, -0.05) is 33.8 Å². The van der Waals surface area contributed by atoms with Crippen LogP contribution in [0.4, 0.5) is 0 Å². The number of allylic oxidation sites excluding steroid dienone is 2. The standard InChI is InChI=1S/C13H27N3P2/c1-5-17(6-2)15-13-11-9-10-12(14)16(13)18(7-3)8-4/h9-12,15H,5-8,14H2,1-4H3. The molecule has 1 atom stereocenters. The summed E-state index contributed by atoms with van der Waals surface area (Å²) < 4.78 is 2.41. The van der Waals surface area contributed by atoms with Gasteiger partial charge in [0, 0.05) is 0 Å². The summed E-state index contributed by atoms with van der Waals surface area (Å²) in [6.45, 7) is 9.04. The lowest BCUT2D eigenvalue weighted by atomic mass is 10.3. The van der Waals surface area contributed by atoms with E-state index in [2.05, 4.69) is 55.7 Å². The van der Waals surface area contributed by atoms with Gasteiger partial charge in [-0.2, -0.15) is 0 Å². The Balaban J connectivity index is 2.83. The highest BCUT2D eigenvalue weighted by Gasteiger charge is 2.25. The molecule has 3 N–H and O–H groups in total. The Labute approximate surface area is 114 Å². The molecule has 104 valence electrons. The van der Waals surface area contributed by atoms with E-state index in [4.69, 9.17) is 5.73 Å². The number of nitrogens with one attached hydrogen (secondary N) is 1. The molecule has 0 fully saturated rings. The highest BCUT2D eigenvalue weighted by molar-refractivity contribution is 7.56. The molecule has 1 aliphatic rings. The molecule has 0 bridgehead atoms. The summed E-state index contributed by atoms with van der Waals surface area (Å²) in [5.74, 6) is 1.25. The zero-order valence-electron chi connectivity index (χ0n) is 12.1. The first kappa shape index (κ1) is 16.0. The molecule has 0 saturated heterocycles. The first-order valence-corrected chi connectivity index (χ1v) is 10.2. The second-order valence-electron chi connectivity index (χ2n) is 4.19. The minimum Gasteiger partial charge on any atom is -0.351 e. The summed E-state index contributed by atoms with van der Waals surface area (Å²) in [5.41, 5.74) is 6.26. The summed E-state index contributed by atoms with van der Waals surface area (Å²) in [4.78, 5) is 0. The molecule has 1 aliphatic heterocycles. The van der Waals surface area contributed by atoms with E-state index in [0.29, 0.717) is 0 Å². The second-order valence-corrected chi connectivity index (χ2v) is 9.47. The van der Waals surface area contributed by atoms with Crippen molar-refractivity contribution in [2.75, 3.05) is 24.6 Å². The molecule has 0 aromatic carbocycles. The third-order valence-electron chi connectivity index (χ3n) is 3.16. The molecule has 5 heteroatoms. The van der Waals surface area contributed by atoms with Gasteiger partial charge in [-0.25, -0.2) is 0 Å². The molecule has 18 heavy (non-hydrogen) atoms. The minimum atomic E-state index is -0.157. The largest absolute Gasteiger partial charge is 0.351 e. The van der Waals surface area contributed by atoms with Gasteiger partial charge in [-0.3, -0.25) is 0 Å². The van der Waals surface area contributed by atoms with Crippen LogP contribution in [-0.4, -0.2) is 35.5 Å². The van der Waals surface area contributed by atoms with Crippen LogP contribution in [0.25, 0.3) is 0 Å². The number of nitrogens with two attached hydrogens (primary N) is 1. The quantitative estimate of drug-likeness (QED) is 0.705. The Kier molecular flexibility index (Phi) is 7.22. The van der Waals surface area contributed by atoms with E-state index in [1.54, 1.807) is 0 Å². The van der Waals surface area contributed by atoms with Gasteiger partial charge >= 0.3 is 0 Å². The van der Waals surface area contributed by atoms with Crippen molar-refractivity contribution < 1.29 is 0 Å². The Morgan fingerprint density at radius 1 is 1.17 bits per heavy atom. The Hall–Kier alpha value is -0.100. The normalized spacial score (nSPS) is 19.6. The average molecular weight is 287 g/mol. The maximum atomic E-state index is 6.26. The Morgan fingerprint density at radius 2 is 1.78 bits per heavy atom. The summed E-state index contributed by atoms with van der Waals surface area (Å²) in [6, 6.07) is 0. The van der Waals surface area contributed by atoms with Crippen LogP contribution in [0.3, 0.4) is 0 Å². The van der Waals surface area contributed by atoms with Gasteiger partial charge in [0.1, 0.15) is 12.0 Å². The molecule has 1 unspecified atom stereocenters. The van der Waals surface area contributed by atoms with Crippen LogP contribution < -0.4 is 10.8 Å². The minimum absolute atomic E-state index is 0.0362. The zero-order valence-corrected chi connectivity index (χ0v) is 13.8. The third kappa shape index (κ3) is 3.95. The van der Waals surface area contributed by atoms with E-state index in [9.17, 15) is 0 Å². The van der Waals surface area contributed by atoms with E-state index >= 15 is 0 Å². The Morgan fingerprint density at radius 3 is 2.28 bits per heavy atom. The topological polar surface area (TPSA) is 41.3 Å². The van der Waals surface area contributed by atoms with Gasteiger partial charge in [0.05, 0.1) is 0 Å². The molecule has 0 radical (unpaired) electrons. The van der Waals surface area contributed by atoms with Crippen LogP contribution in [0.2, 0.25) is 0 Å². The van der Waals surface area contributed by atoms with Gasteiger partial charge in [-0.15, -0.1) is 0 Å². The molecule has 0 aromatic heterocycles. The first-order chi connectivity index (χ1) is 8.67. The van der Waals surface area contributed by atoms with Crippen LogP contribution in [0.1, 0.15) is 27.7 Å². The molecule has 0 saturated carbocycles. The predicted octanol–water partition coefficient (Wildman–Crippen LogP) is 3.45. The lowest BCUT2D eigenvalue weighted by Crippen LogP contribution is -2.41. The highest BCUT2D eigenvalue weighted by atomic mass is 31.1. The summed E-state index contributed by atoms with van der Waals surface area (Å²) in [6.07, 6.45) is 11.2. The summed E-state index contributed by atoms with van der Waals surface area (Å²) in [7, 11) is -0.256. The third-order valence-corrected chi connectivity index (χ3v) is 7.79. The number of hydrogen-bond acceptors (Lipinski definition) is 3. The zero-order chi connectivity index (χ0) is 13.5. The van der Waals surface area contributed by atoms with E-state index in [0.717, 1.165) is 0 Å². The van der Waals surface area contributed by atoms with Crippen LogP contribution in [0.5, 0.6) is 0 Å². The molecule has 0 spiro atoms. The fourth-order valence-corrected chi connectivity index (χ4v) is 5.36. The number of rotatable bonds is 7. The predicted molar refractivity (Wildman–Crippen MR) is 86.2 cm³/mol. The van der Waals surface area contributed by atoms with Crippen molar-refractivity contribution in [3.63, 3.8) is 0 Å². The van der Waals surface area contributed by atoms with Gasteiger partial charge in [0.15, 0.2) is 0 Å². The first-order valence-electron chi connectivity index (χ1n) is 6.87. The van der Waals surface area contributed by atoms with Crippen molar-refractivity contribution in [3.05, 3.63) is 24.0 Å². The van der Waals surface area contributed by atoms with E-state index in [-0.39, 0.29) is 22.3 Å². The van der Waals surface area contributed by atoms with Gasteiger partial charge in [-0.05, 0) is 52.9 Å². The lowest BCUT2D eigenvalue weighted by molar-refractivity contribution is 0.459. The van der Waals surface area contributed by atoms with Crippen LogP contribution in [-0.2, 0) is 0 Å². The van der Waals surface area contributed by atoms with Crippen molar-refractivity contribution in [3.8, 4) is 0 Å². The number of hydrogen-bond donors (Lipinski definition) is 2. The van der Waals surface area contributed by atoms with Crippen molar-refractivity contribution in [2.24, 2.45) is 5.73 Å². The molecule has 1 rings (SSSR count). The van der Waals surface area contributed by atoms with E-state index in [1.165, 1.54) is 30.5 Å².